The minimum absolute atomic E-state index is 0.110. The Morgan fingerprint density at radius 1 is 0.971 bits per heavy atom. The molecule has 1 aromatic heterocycles. The van der Waals surface area contributed by atoms with Gasteiger partial charge in [0, 0.05) is 55.9 Å². The Morgan fingerprint density at radius 2 is 1.65 bits per heavy atom. The molecular weight excluding hydrogens is 472 g/mol. The van der Waals surface area contributed by atoms with Crippen LogP contribution >= 0.6 is 11.6 Å². The van der Waals surface area contributed by atoms with Gasteiger partial charge in [0.15, 0.2) is 5.82 Å². The molecule has 3 aromatic rings. The van der Waals surface area contributed by atoms with Gasteiger partial charge in [-0.1, -0.05) is 54.1 Å². The molecule has 0 spiro atoms. The summed E-state index contributed by atoms with van der Waals surface area (Å²) in [6.07, 6.45) is 0.619. The van der Waals surface area contributed by atoms with Crippen LogP contribution in [0.1, 0.15) is 23.7 Å². The van der Waals surface area contributed by atoms with Gasteiger partial charge < -0.3 is 9.64 Å². The van der Waals surface area contributed by atoms with Crippen LogP contribution in [0.15, 0.2) is 54.6 Å². The van der Waals surface area contributed by atoms with Crippen molar-refractivity contribution >= 4 is 27.4 Å². The smallest absolute Gasteiger partial charge is 0.213 e. The number of nitrogens with zero attached hydrogens (tertiary/aromatic N) is 4. The van der Waals surface area contributed by atoms with Crippen LogP contribution in [0.25, 0.3) is 11.4 Å². The monoisotopic (exact) mass is 500 g/mol. The van der Waals surface area contributed by atoms with Crippen LogP contribution < -0.4 is 4.90 Å². The molecule has 0 radical (unpaired) electrons. The molecule has 34 heavy (non-hydrogen) atoms. The number of hydrogen-bond acceptors (Lipinski definition) is 6. The fourth-order valence-corrected chi connectivity index (χ4v) is 5.31. The lowest BCUT2D eigenvalue weighted by atomic mass is 10.0. The van der Waals surface area contributed by atoms with Crippen molar-refractivity contribution in [3.8, 4) is 11.4 Å². The molecular formula is C25H29ClN4O3S. The van der Waals surface area contributed by atoms with E-state index < -0.39 is 10.0 Å². The van der Waals surface area contributed by atoms with Gasteiger partial charge in [0.05, 0.1) is 18.1 Å². The predicted octanol–water partition coefficient (Wildman–Crippen LogP) is 4.01. The first-order valence-corrected chi connectivity index (χ1v) is 13.3. The topological polar surface area (TPSA) is 75.6 Å². The third-order valence-electron chi connectivity index (χ3n) is 5.97. The van der Waals surface area contributed by atoms with Crippen molar-refractivity contribution in [2.75, 3.05) is 43.9 Å². The van der Waals surface area contributed by atoms with Gasteiger partial charge in [-0.2, -0.15) is 4.31 Å². The first-order chi connectivity index (χ1) is 16.4. The maximum absolute atomic E-state index is 12.4. The van der Waals surface area contributed by atoms with E-state index in [0.717, 1.165) is 28.2 Å². The second-order valence-electron chi connectivity index (χ2n) is 8.19. The number of piperazine rings is 1. The van der Waals surface area contributed by atoms with E-state index in [2.05, 4.69) is 4.90 Å². The van der Waals surface area contributed by atoms with E-state index in [-0.39, 0.29) is 5.75 Å². The van der Waals surface area contributed by atoms with Gasteiger partial charge in [0.25, 0.3) is 0 Å². The summed E-state index contributed by atoms with van der Waals surface area (Å²) in [6, 6.07) is 17.6. The second kappa shape index (κ2) is 10.8. The fraction of sp³-hybridized carbons (Fsp3) is 0.360. The van der Waals surface area contributed by atoms with Crippen LogP contribution in [0, 0.1) is 0 Å². The fourth-order valence-electron chi connectivity index (χ4n) is 4.10. The summed E-state index contributed by atoms with van der Waals surface area (Å²) in [7, 11) is -1.56. The summed E-state index contributed by atoms with van der Waals surface area (Å²) in [4.78, 5) is 12.0. The highest BCUT2D eigenvalue weighted by molar-refractivity contribution is 7.89. The highest BCUT2D eigenvalue weighted by Gasteiger charge is 2.28. The van der Waals surface area contributed by atoms with Gasteiger partial charge in [0.2, 0.25) is 10.0 Å². The summed E-state index contributed by atoms with van der Waals surface area (Å²) >= 11 is 6.09. The Bertz CT molecular complexity index is 1210. The van der Waals surface area contributed by atoms with Crippen molar-refractivity contribution in [2.45, 2.75) is 20.0 Å². The van der Waals surface area contributed by atoms with Gasteiger partial charge >= 0.3 is 0 Å². The number of rotatable bonds is 8. The van der Waals surface area contributed by atoms with Crippen LogP contribution in [0.3, 0.4) is 0 Å². The molecule has 0 amide bonds. The number of aromatic nitrogens is 2. The van der Waals surface area contributed by atoms with E-state index >= 15 is 0 Å². The molecule has 4 rings (SSSR count). The van der Waals surface area contributed by atoms with Crippen molar-refractivity contribution in [3.63, 3.8) is 0 Å². The Balaban J connectivity index is 1.76. The molecule has 180 valence electrons. The minimum atomic E-state index is -3.22. The predicted molar refractivity (Wildman–Crippen MR) is 136 cm³/mol. The van der Waals surface area contributed by atoms with Gasteiger partial charge in [-0.25, -0.2) is 18.4 Å². The highest BCUT2D eigenvalue weighted by Crippen LogP contribution is 2.29. The lowest BCUT2D eigenvalue weighted by Crippen LogP contribution is -2.49. The van der Waals surface area contributed by atoms with Crippen LogP contribution in [-0.2, 0) is 27.8 Å². The molecule has 1 aliphatic rings. The highest BCUT2D eigenvalue weighted by atomic mass is 35.5. The molecule has 1 saturated heterocycles. The maximum Gasteiger partial charge on any atom is 0.213 e. The van der Waals surface area contributed by atoms with E-state index in [1.54, 1.807) is 18.3 Å². The molecule has 0 N–H and O–H groups in total. The molecule has 1 fully saturated rings. The van der Waals surface area contributed by atoms with Gasteiger partial charge in [-0.3, -0.25) is 0 Å². The first kappa shape index (κ1) is 24.6. The molecule has 0 bridgehead atoms. The Hall–Kier alpha value is -2.52. The minimum Gasteiger partial charge on any atom is -0.378 e. The first-order valence-electron chi connectivity index (χ1n) is 11.3. The Morgan fingerprint density at radius 3 is 2.26 bits per heavy atom. The van der Waals surface area contributed by atoms with E-state index in [0.29, 0.717) is 50.1 Å². The molecule has 9 heteroatoms. The maximum atomic E-state index is 12.4. The van der Waals surface area contributed by atoms with Crippen molar-refractivity contribution in [1.82, 2.24) is 14.3 Å². The van der Waals surface area contributed by atoms with E-state index in [1.165, 1.54) is 0 Å². The average molecular weight is 501 g/mol. The normalized spacial score (nSPS) is 15.0. The number of benzene rings is 2. The quantitative estimate of drug-likeness (QED) is 0.465. The molecule has 0 atom stereocenters. The second-order valence-corrected chi connectivity index (χ2v) is 10.9. The van der Waals surface area contributed by atoms with Crippen LogP contribution in [-0.4, -0.2) is 61.7 Å². The van der Waals surface area contributed by atoms with E-state index in [9.17, 15) is 8.42 Å². The molecule has 7 nitrogen and oxygen atoms in total. The van der Waals surface area contributed by atoms with E-state index in [4.69, 9.17) is 26.3 Å². The number of halogens is 1. The summed E-state index contributed by atoms with van der Waals surface area (Å²) in [5.41, 5.74) is 3.82. The third kappa shape index (κ3) is 5.58. The van der Waals surface area contributed by atoms with Crippen molar-refractivity contribution in [2.24, 2.45) is 0 Å². The third-order valence-corrected chi connectivity index (χ3v) is 8.11. The molecule has 0 saturated carbocycles. The summed E-state index contributed by atoms with van der Waals surface area (Å²) in [6.45, 7) is 4.01. The Kier molecular flexibility index (Phi) is 7.83. The number of ether oxygens (including phenoxy) is 1. The van der Waals surface area contributed by atoms with Gasteiger partial charge in [-0.15, -0.1) is 0 Å². The molecule has 2 aromatic carbocycles. The number of methoxy groups -OCH3 is 1. The zero-order valence-corrected chi connectivity index (χ0v) is 21.0. The van der Waals surface area contributed by atoms with Gasteiger partial charge in [-0.05, 0) is 24.6 Å². The van der Waals surface area contributed by atoms with Gasteiger partial charge in [0.1, 0.15) is 5.82 Å². The summed E-state index contributed by atoms with van der Waals surface area (Å²) < 4.78 is 31.8. The van der Waals surface area contributed by atoms with Crippen LogP contribution in [0.5, 0.6) is 0 Å². The van der Waals surface area contributed by atoms with E-state index in [1.807, 2.05) is 54.6 Å². The summed E-state index contributed by atoms with van der Waals surface area (Å²) in [5, 5.41) is 0.685. The van der Waals surface area contributed by atoms with Crippen molar-refractivity contribution in [1.29, 1.82) is 0 Å². The van der Waals surface area contributed by atoms with Crippen molar-refractivity contribution in [3.05, 3.63) is 76.4 Å². The zero-order valence-electron chi connectivity index (χ0n) is 19.4. The van der Waals surface area contributed by atoms with Crippen LogP contribution in [0.4, 0.5) is 5.82 Å². The molecule has 1 aliphatic heterocycles. The average Bonchev–Trinajstić information content (AvgIpc) is 2.87. The molecule has 2 heterocycles. The van der Waals surface area contributed by atoms with Crippen LogP contribution in [0.2, 0.25) is 5.02 Å². The largest absolute Gasteiger partial charge is 0.378 e. The summed E-state index contributed by atoms with van der Waals surface area (Å²) in [5.74, 6) is 1.56. The number of sulfonamides is 1. The number of anilines is 1. The zero-order chi connectivity index (χ0) is 24.1. The van der Waals surface area contributed by atoms with Crippen molar-refractivity contribution < 1.29 is 13.2 Å². The molecule has 0 aliphatic carbocycles. The SMILES string of the molecule is CCS(=O)(=O)N1CCN(c2nc(-c3ccccc3)nc(COC)c2Cc2ccc(Cl)cc2)CC1. The lowest BCUT2D eigenvalue weighted by Gasteiger charge is -2.36. The molecule has 0 unspecified atom stereocenters. The standard InChI is InChI=1S/C25H29ClN4O3S/c1-3-34(31,32)30-15-13-29(14-16-30)25-22(17-19-9-11-21(26)12-10-19)23(18-33-2)27-24(28-25)20-7-5-4-6-8-20/h4-12H,3,13-18H2,1-2H3. The lowest BCUT2D eigenvalue weighted by molar-refractivity contribution is 0.180. The number of hydrogen-bond donors (Lipinski definition) is 0. The Labute approximate surface area is 206 Å².